The van der Waals surface area contributed by atoms with Gasteiger partial charge in [0.05, 0.1) is 6.54 Å². The maximum absolute atomic E-state index is 12.7. The van der Waals surface area contributed by atoms with Crippen molar-refractivity contribution in [2.45, 2.75) is 19.4 Å². The van der Waals surface area contributed by atoms with Crippen molar-refractivity contribution in [2.75, 3.05) is 13.1 Å². The Morgan fingerprint density at radius 3 is 2.96 bits per heavy atom. The highest BCUT2D eigenvalue weighted by atomic mass is 16.3. The molecule has 1 saturated heterocycles. The summed E-state index contributed by atoms with van der Waals surface area (Å²) in [5.41, 5.74) is 0.806. The van der Waals surface area contributed by atoms with Crippen molar-refractivity contribution in [1.82, 2.24) is 19.8 Å². The van der Waals surface area contributed by atoms with Crippen molar-refractivity contribution < 1.29 is 14.0 Å². The monoisotopic (exact) mass is 366 g/mol. The highest BCUT2D eigenvalue weighted by molar-refractivity contribution is 5.95. The van der Waals surface area contributed by atoms with Crippen LogP contribution in [0.25, 0.3) is 11.0 Å². The molecule has 1 aliphatic heterocycles. The van der Waals surface area contributed by atoms with Crippen LogP contribution in [-0.4, -0.2) is 39.4 Å². The van der Waals surface area contributed by atoms with Crippen molar-refractivity contribution in [3.8, 4) is 0 Å². The number of aryl methyl sites for hydroxylation is 1. The lowest BCUT2D eigenvalue weighted by Gasteiger charge is -2.31. The van der Waals surface area contributed by atoms with Crippen LogP contribution in [0.15, 0.2) is 47.1 Å². The van der Waals surface area contributed by atoms with Gasteiger partial charge < -0.3 is 19.2 Å². The first kappa shape index (κ1) is 17.3. The lowest BCUT2D eigenvalue weighted by Crippen LogP contribution is -2.47. The van der Waals surface area contributed by atoms with Gasteiger partial charge in [0.25, 0.3) is 0 Å². The number of para-hydroxylation sites is 1. The molecule has 0 saturated carbocycles. The molecule has 140 valence electrons. The van der Waals surface area contributed by atoms with Crippen LogP contribution in [0.5, 0.6) is 0 Å². The molecular weight excluding hydrogens is 344 g/mol. The quantitative estimate of drug-likeness (QED) is 0.720. The number of likely N-dealkylation sites (tertiary alicyclic amines) is 1. The summed E-state index contributed by atoms with van der Waals surface area (Å²) in [6, 6.07) is 9.50. The molecule has 4 rings (SSSR count). The fraction of sp³-hybridized carbons (Fsp3) is 0.350. The number of urea groups is 1. The highest BCUT2D eigenvalue weighted by Gasteiger charge is 2.30. The zero-order chi connectivity index (χ0) is 18.8. The molecule has 27 heavy (non-hydrogen) atoms. The molecule has 2 aromatic heterocycles. The van der Waals surface area contributed by atoms with Crippen molar-refractivity contribution in [1.29, 1.82) is 0 Å². The Balaban J connectivity index is 1.37. The summed E-state index contributed by atoms with van der Waals surface area (Å²) < 4.78 is 7.45. The Hall–Kier alpha value is -3.09. The number of amides is 2. The number of nitrogens with one attached hydrogen (secondary N) is 1. The second kappa shape index (κ2) is 7.26. The fourth-order valence-electron chi connectivity index (χ4n) is 3.56. The summed E-state index contributed by atoms with van der Waals surface area (Å²) in [6.45, 7) is 1.38. The van der Waals surface area contributed by atoms with Crippen LogP contribution < -0.4 is 5.32 Å². The van der Waals surface area contributed by atoms with Crippen LogP contribution >= 0.6 is 0 Å². The fourth-order valence-corrected chi connectivity index (χ4v) is 3.56. The van der Waals surface area contributed by atoms with Gasteiger partial charge in [-0.25, -0.2) is 9.78 Å². The number of carbonyl (C=O) groups is 2. The van der Waals surface area contributed by atoms with E-state index in [-0.39, 0.29) is 17.7 Å². The van der Waals surface area contributed by atoms with Crippen LogP contribution in [0.4, 0.5) is 4.79 Å². The Bertz CT molecular complexity index is 941. The number of imidazole rings is 1. The van der Waals surface area contributed by atoms with E-state index in [1.165, 1.54) is 0 Å². The third-order valence-corrected chi connectivity index (χ3v) is 5.01. The van der Waals surface area contributed by atoms with Crippen LogP contribution in [0, 0.1) is 5.92 Å². The van der Waals surface area contributed by atoms with E-state index >= 15 is 0 Å². The number of fused-ring (bicyclic) bond motifs is 1. The zero-order valence-corrected chi connectivity index (χ0v) is 15.2. The van der Waals surface area contributed by atoms with Gasteiger partial charge in [0.2, 0.25) is 5.78 Å². The number of rotatable bonds is 4. The molecule has 1 aromatic carbocycles. The molecule has 0 bridgehead atoms. The Labute approximate surface area is 157 Å². The Morgan fingerprint density at radius 2 is 2.19 bits per heavy atom. The first-order chi connectivity index (χ1) is 13.1. The zero-order valence-electron chi connectivity index (χ0n) is 15.2. The summed E-state index contributed by atoms with van der Waals surface area (Å²) in [5.74, 6) is 0.945. The molecule has 2 amide bonds. The largest absolute Gasteiger partial charge is 0.459 e. The minimum Gasteiger partial charge on any atom is -0.459 e. The number of Topliss-reactive ketones (excluding diaryl/α,β-unsaturated/α-hetero) is 1. The second-order valence-electron chi connectivity index (χ2n) is 6.92. The lowest BCUT2D eigenvalue weighted by atomic mass is 9.93. The standard InChI is InChI=1S/C20H22N4O3/c1-23-10-8-21-19(23)18(25)15-6-4-9-24(13-15)20(26)22-12-16-11-14-5-2-3-7-17(14)27-16/h2-3,5,7-8,10-11,15H,4,6,9,12-13H2,1H3,(H,22,26). The Kier molecular flexibility index (Phi) is 4.66. The van der Waals surface area contributed by atoms with Crippen molar-refractivity contribution in [3.05, 3.63) is 54.3 Å². The van der Waals surface area contributed by atoms with Gasteiger partial charge in [0.15, 0.2) is 5.82 Å². The van der Waals surface area contributed by atoms with Gasteiger partial charge in [0, 0.05) is 43.8 Å². The molecule has 0 aliphatic carbocycles. The van der Waals surface area contributed by atoms with Crippen molar-refractivity contribution >= 4 is 22.8 Å². The number of carbonyl (C=O) groups excluding carboxylic acids is 2. The average molecular weight is 366 g/mol. The topological polar surface area (TPSA) is 80.4 Å². The third-order valence-electron chi connectivity index (χ3n) is 5.01. The molecule has 0 radical (unpaired) electrons. The van der Waals surface area contributed by atoms with E-state index in [2.05, 4.69) is 10.3 Å². The number of ketones is 1. The smallest absolute Gasteiger partial charge is 0.317 e. The molecular formula is C20H22N4O3. The predicted molar refractivity (Wildman–Crippen MR) is 100 cm³/mol. The van der Waals surface area contributed by atoms with Gasteiger partial charge in [0.1, 0.15) is 11.3 Å². The van der Waals surface area contributed by atoms with Crippen LogP contribution in [0.2, 0.25) is 0 Å². The van der Waals surface area contributed by atoms with E-state index in [0.717, 1.165) is 23.8 Å². The van der Waals surface area contributed by atoms with Crippen LogP contribution in [0.1, 0.15) is 29.2 Å². The normalized spacial score (nSPS) is 17.2. The van der Waals surface area contributed by atoms with Gasteiger partial charge in [-0.2, -0.15) is 0 Å². The van der Waals surface area contributed by atoms with E-state index in [9.17, 15) is 9.59 Å². The van der Waals surface area contributed by atoms with Crippen LogP contribution in [-0.2, 0) is 13.6 Å². The third kappa shape index (κ3) is 3.58. The Morgan fingerprint density at radius 1 is 1.33 bits per heavy atom. The van der Waals surface area contributed by atoms with Gasteiger partial charge in [-0.3, -0.25) is 4.79 Å². The number of hydrogen-bond acceptors (Lipinski definition) is 4. The molecule has 1 atom stereocenters. The molecule has 1 unspecified atom stereocenters. The number of piperidine rings is 1. The van der Waals surface area contributed by atoms with Crippen molar-refractivity contribution in [3.63, 3.8) is 0 Å². The van der Waals surface area contributed by atoms with Gasteiger partial charge >= 0.3 is 6.03 Å². The minimum atomic E-state index is -0.211. The van der Waals surface area contributed by atoms with E-state index < -0.39 is 0 Å². The summed E-state index contributed by atoms with van der Waals surface area (Å²) in [6.07, 6.45) is 4.96. The molecule has 7 heteroatoms. The number of benzene rings is 1. The number of nitrogens with zero attached hydrogens (tertiary/aromatic N) is 3. The number of furan rings is 1. The lowest BCUT2D eigenvalue weighted by molar-refractivity contribution is 0.0831. The highest BCUT2D eigenvalue weighted by Crippen LogP contribution is 2.21. The first-order valence-electron chi connectivity index (χ1n) is 9.13. The van der Waals surface area contributed by atoms with E-state index in [1.54, 1.807) is 28.9 Å². The van der Waals surface area contributed by atoms with Crippen molar-refractivity contribution in [2.24, 2.45) is 13.0 Å². The summed E-state index contributed by atoms with van der Waals surface area (Å²) >= 11 is 0. The molecule has 3 heterocycles. The summed E-state index contributed by atoms with van der Waals surface area (Å²) in [4.78, 5) is 31.1. The minimum absolute atomic E-state index is 0.00251. The number of aromatic nitrogens is 2. The van der Waals surface area contributed by atoms with Gasteiger partial charge in [-0.05, 0) is 25.0 Å². The summed E-state index contributed by atoms with van der Waals surface area (Å²) in [7, 11) is 1.81. The average Bonchev–Trinajstić information content (AvgIpc) is 3.31. The van der Waals surface area contributed by atoms with Gasteiger partial charge in [-0.1, -0.05) is 18.2 Å². The molecule has 1 aliphatic rings. The van der Waals surface area contributed by atoms with Crippen LogP contribution in [0.3, 0.4) is 0 Å². The molecule has 7 nitrogen and oxygen atoms in total. The number of hydrogen-bond donors (Lipinski definition) is 1. The molecule has 0 spiro atoms. The molecule has 3 aromatic rings. The van der Waals surface area contributed by atoms with Gasteiger partial charge in [-0.15, -0.1) is 0 Å². The second-order valence-corrected chi connectivity index (χ2v) is 6.92. The maximum Gasteiger partial charge on any atom is 0.317 e. The molecule has 1 N–H and O–H groups in total. The predicted octanol–water partition coefficient (Wildman–Crippen LogP) is 2.97. The SMILES string of the molecule is Cn1ccnc1C(=O)C1CCCN(C(=O)NCc2cc3ccccc3o2)C1. The van der Waals surface area contributed by atoms with E-state index in [0.29, 0.717) is 31.2 Å². The summed E-state index contributed by atoms with van der Waals surface area (Å²) in [5, 5.41) is 3.91. The van der Waals surface area contributed by atoms with E-state index in [4.69, 9.17) is 4.42 Å². The maximum atomic E-state index is 12.7. The van der Waals surface area contributed by atoms with E-state index in [1.807, 2.05) is 30.3 Å². The molecule has 1 fully saturated rings. The first-order valence-corrected chi connectivity index (χ1v) is 9.13.